The van der Waals surface area contributed by atoms with Gasteiger partial charge in [-0.1, -0.05) is 29.3 Å². The van der Waals surface area contributed by atoms with E-state index in [0.717, 1.165) is 0 Å². The lowest BCUT2D eigenvalue weighted by molar-refractivity contribution is -0.145. The summed E-state index contributed by atoms with van der Waals surface area (Å²) in [6.45, 7) is 1.74. The number of benzene rings is 1. The first-order chi connectivity index (χ1) is 8.33. The van der Waals surface area contributed by atoms with Crippen molar-refractivity contribution in [3.63, 3.8) is 0 Å². The molecule has 1 aromatic rings. The van der Waals surface area contributed by atoms with Crippen molar-refractivity contribution in [3.8, 4) is 5.75 Å². The van der Waals surface area contributed by atoms with Crippen LogP contribution in [0.4, 0.5) is 0 Å². The number of ether oxygens (including phenoxy) is 1. The molecule has 0 unspecified atom stereocenters. The van der Waals surface area contributed by atoms with Gasteiger partial charge in [0.25, 0.3) is 0 Å². The fourth-order valence-electron chi connectivity index (χ4n) is 2.26. The van der Waals surface area contributed by atoms with Crippen molar-refractivity contribution in [2.24, 2.45) is 0 Å². The molecule has 1 aliphatic rings. The molecule has 0 aliphatic carbocycles. The zero-order valence-corrected chi connectivity index (χ0v) is 11.1. The van der Waals surface area contributed by atoms with E-state index in [9.17, 15) is 9.90 Å². The molecule has 1 aliphatic heterocycles. The number of carbonyl (C=O) groups is 1. The van der Waals surface area contributed by atoms with Crippen molar-refractivity contribution in [1.82, 2.24) is 0 Å². The zero-order chi connectivity index (χ0) is 13.5. The highest BCUT2D eigenvalue weighted by Crippen LogP contribution is 2.47. The number of aliphatic hydroxyl groups is 1. The molecular formula is C12H12Cl2O4. The summed E-state index contributed by atoms with van der Waals surface area (Å²) in [5.41, 5.74) is -1.11. The minimum atomic E-state index is -1.48. The molecule has 0 saturated heterocycles. The Balaban J connectivity index is 2.56. The van der Waals surface area contributed by atoms with Gasteiger partial charge in [-0.05, 0) is 13.0 Å². The van der Waals surface area contributed by atoms with E-state index in [1.165, 1.54) is 6.07 Å². The summed E-state index contributed by atoms with van der Waals surface area (Å²) in [4.78, 5) is 10.9. The number of carboxylic acids is 1. The Hall–Kier alpha value is -0.970. The van der Waals surface area contributed by atoms with Crippen LogP contribution in [0.15, 0.2) is 12.1 Å². The standard InChI is InChI=1S/C12H12Cl2O4/c1-6-4-12(17,5-9(15)16)7-2-3-8(13)10(14)11(7)18-6/h2-3,6,17H,4-5H2,1H3,(H,15,16)/t6-,12-/m1/s1. The SMILES string of the molecule is C[C@@H]1C[C@@](O)(CC(=O)O)c2ccc(Cl)c(Cl)c2O1. The molecule has 1 heterocycles. The van der Waals surface area contributed by atoms with Crippen LogP contribution in [-0.4, -0.2) is 22.3 Å². The van der Waals surface area contributed by atoms with E-state index >= 15 is 0 Å². The van der Waals surface area contributed by atoms with Crippen LogP contribution in [0.1, 0.15) is 25.3 Å². The van der Waals surface area contributed by atoms with Crippen LogP contribution in [0.3, 0.4) is 0 Å². The number of hydrogen-bond donors (Lipinski definition) is 2. The first-order valence-electron chi connectivity index (χ1n) is 5.43. The monoisotopic (exact) mass is 290 g/mol. The van der Waals surface area contributed by atoms with E-state index < -0.39 is 18.0 Å². The third-order valence-electron chi connectivity index (χ3n) is 2.94. The van der Waals surface area contributed by atoms with Crippen molar-refractivity contribution in [1.29, 1.82) is 0 Å². The largest absolute Gasteiger partial charge is 0.489 e. The first kappa shape index (κ1) is 13.5. The van der Waals surface area contributed by atoms with E-state index in [1.807, 2.05) is 0 Å². The maximum atomic E-state index is 10.9. The van der Waals surface area contributed by atoms with Crippen molar-refractivity contribution in [2.45, 2.75) is 31.5 Å². The Morgan fingerprint density at radius 2 is 2.22 bits per heavy atom. The smallest absolute Gasteiger partial charge is 0.306 e. The van der Waals surface area contributed by atoms with Crippen molar-refractivity contribution in [3.05, 3.63) is 27.7 Å². The lowest BCUT2D eigenvalue weighted by Crippen LogP contribution is -2.39. The maximum Gasteiger partial charge on any atom is 0.306 e. The summed E-state index contributed by atoms with van der Waals surface area (Å²) in [5, 5.41) is 19.9. The number of carboxylic acid groups (broad SMARTS) is 1. The van der Waals surface area contributed by atoms with Gasteiger partial charge in [0.2, 0.25) is 0 Å². The van der Waals surface area contributed by atoms with Crippen LogP contribution in [-0.2, 0) is 10.4 Å². The molecule has 4 nitrogen and oxygen atoms in total. The molecule has 6 heteroatoms. The molecule has 0 aromatic heterocycles. The Morgan fingerprint density at radius 3 is 2.83 bits per heavy atom. The molecule has 0 amide bonds. The topological polar surface area (TPSA) is 66.8 Å². The van der Waals surface area contributed by atoms with Gasteiger partial charge in [0.1, 0.15) is 16.4 Å². The second-order valence-electron chi connectivity index (χ2n) is 4.47. The van der Waals surface area contributed by atoms with E-state index in [2.05, 4.69) is 0 Å². The highest BCUT2D eigenvalue weighted by molar-refractivity contribution is 6.43. The molecule has 2 rings (SSSR count). The van der Waals surface area contributed by atoms with E-state index in [-0.39, 0.29) is 23.3 Å². The van der Waals surface area contributed by atoms with Gasteiger partial charge in [0.15, 0.2) is 0 Å². The lowest BCUT2D eigenvalue weighted by Gasteiger charge is -2.37. The highest BCUT2D eigenvalue weighted by atomic mass is 35.5. The fraction of sp³-hybridized carbons (Fsp3) is 0.417. The minimum absolute atomic E-state index is 0.199. The van der Waals surface area contributed by atoms with Gasteiger partial charge < -0.3 is 14.9 Å². The van der Waals surface area contributed by atoms with Crippen LogP contribution >= 0.6 is 23.2 Å². The number of halogens is 2. The Labute approximate surface area is 114 Å². The molecular weight excluding hydrogens is 279 g/mol. The van der Waals surface area contributed by atoms with Crippen LogP contribution in [0.5, 0.6) is 5.75 Å². The third-order valence-corrected chi connectivity index (χ3v) is 3.73. The van der Waals surface area contributed by atoms with Crippen molar-refractivity contribution in [2.75, 3.05) is 0 Å². The molecule has 0 spiro atoms. The summed E-state index contributed by atoms with van der Waals surface area (Å²) in [6.07, 6.45) is -0.534. The highest BCUT2D eigenvalue weighted by Gasteiger charge is 2.41. The zero-order valence-electron chi connectivity index (χ0n) is 9.61. The van der Waals surface area contributed by atoms with Crippen molar-refractivity contribution < 1.29 is 19.7 Å². The van der Waals surface area contributed by atoms with Crippen molar-refractivity contribution >= 4 is 29.2 Å². The van der Waals surface area contributed by atoms with Gasteiger partial charge in [-0.2, -0.15) is 0 Å². The molecule has 1 aromatic carbocycles. The number of fused-ring (bicyclic) bond motifs is 1. The molecule has 0 bridgehead atoms. The summed E-state index contributed by atoms with van der Waals surface area (Å²) in [6, 6.07) is 3.08. The Morgan fingerprint density at radius 1 is 1.56 bits per heavy atom. The Bertz CT molecular complexity index is 503. The fourth-order valence-corrected chi connectivity index (χ4v) is 2.62. The summed E-state index contributed by atoms with van der Waals surface area (Å²) in [7, 11) is 0. The summed E-state index contributed by atoms with van der Waals surface area (Å²) >= 11 is 11.9. The van der Waals surface area contributed by atoms with Crippen LogP contribution < -0.4 is 4.74 Å². The normalized spacial score (nSPS) is 26.3. The van der Waals surface area contributed by atoms with Gasteiger partial charge in [-0.3, -0.25) is 4.79 Å². The van der Waals surface area contributed by atoms with E-state index in [0.29, 0.717) is 10.6 Å². The second kappa shape index (κ2) is 4.61. The second-order valence-corrected chi connectivity index (χ2v) is 5.26. The summed E-state index contributed by atoms with van der Waals surface area (Å²) < 4.78 is 5.55. The third kappa shape index (κ3) is 2.28. The van der Waals surface area contributed by atoms with Crippen LogP contribution in [0.2, 0.25) is 10.0 Å². The maximum absolute atomic E-state index is 10.9. The Kier molecular flexibility index (Phi) is 3.45. The molecule has 98 valence electrons. The average molecular weight is 291 g/mol. The molecule has 0 saturated carbocycles. The van der Waals surface area contributed by atoms with Crippen LogP contribution in [0.25, 0.3) is 0 Å². The van der Waals surface area contributed by atoms with Gasteiger partial charge in [0, 0.05) is 12.0 Å². The predicted octanol–water partition coefficient (Wildman–Crippen LogP) is 2.83. The molecule has 0 fully saturated rings. The molecule has 0 radical (unpaired) electrons. The molecule has 18 heavy (non-hydrogen) atoms. The van der Waals surface area contributed by atoms with E-state index in [1.54, 1.807) is 13.0 Å². The quantitative estimate of drug-likeness (QED) is 0.879. The molecule has 2 atom stereocenters. The molecule has 2 N–H and O–H groups in total. The minimum Gasteiger partial charge on any atom is -0.489 e. The van der Waals surface area contributed by atoms with Gasteiger partial charge in [-0.25, -0.2) is 0 Å². The van der Waals surface area contributed by atoms with Gasteiger partial charge in [-0.15, -0.1) is 0 Å². The predicted molar refractivity (Wildman–Crippen MR) is 67.3 cm³/mol. The van der Waals surface area contributed by atoms with Gasteiger partial charge in [0.05, 0.1) is 17.5 Å². The van der Waals surface area contributed by atoms with Crippen LogP contribution in [0, 0.1) is 0 Å². The number of hydrogen-bond acceptors (Lipinski definition) is 3. The lowest BCUT2D eigenvalue weighted by atomic mass is 9.83. The average Bonchev–Trinajstić information content (AvgIpc) is 2.22. The van der Waals surface area contributed by atoms with E-state index in [4.69, 9.17) is 33.0 Å². The number of rotatable bonds is 2. The van der Waals surface area contributed by atoms with Gasteiger partial charge >= 0.3 is 5.97 Å². The number of aliphatic carboxylic acids is 1. The summed E-state index contributed by atoms with van der Waals surface area (Å²) in [5.74, 6) is -0.810. The first-order valence-corrected chi connectivity index (χ1v) is 6.18.